The van der Waals surface area contributed by atoms with Crippen molar-refractivity contribution >= 4 is 17.1 Å². The van der Waals surface area contributed by atoms with Gasteiger partial charge in [-0.3, -0.25) is 13.9 Å². The number of halogens is 3. The number of aryl methyl sites for hydroxylation is 1. The SMILES string of the molecule is Cn1c(=O)n(CC(=O)O)c2cc(-c3ccc(F)c(OC(F)F)c3)cnc21. The molecule has 1 N–H and O–H groups in total. The smallest absolute Gasteiger partial charge is 0.387 e. The number of benzene rings is 1. The van der Waals surface area contributed by atoms with Crippen LogP contribution in [0.2, 0.25) is 0 Å². The van der Waals surface area contributed by atoms with Crippen LogP contribution in [-0.2, 0) is 18.4 Å². The molecular weight excluding hydrogens is 355 g/mol. The van der Waals surface area contributed by atoms with E-state index in [4.69, 9.17) is 5.11 Å². The number of fused-ring (bicyclic) bond motifs is 1. The van der Waals surface area contributed by atoms with Gasteiger partial charge in [0.2, 0.25) is 0 Å². The minimum absolute atomic E-state index is 0.248. The van der Waals surface area contributed by atoms with E-state index in [9.17, 15) is 22.8 Å². The topological polar surface area (TPSA) is 86.4 Å². The van der Waals surface area contributed by atoms with Crippen LogP contribution in [0.25, 0.3) is 22.3 Å². The third-order valence-electron chi connectivity index (χ3n) is 3.75. The highest BCUT2D eigenvalue weighted by Crippen LogP contribution is 2.28. The summed E-state index contributed by atoms with van der Waals surface area (Å²) in [4.78, 5) is 27.3. The van der Waals surface area contributed by atoms with Crippen LogP contribution in [0.1, 0.15) is 0 Å². The van der Waals surface area contributed by atoms with Crippen molar-refractivity contribution in [2.75, 3.05) is 0 Å². The molecule has 2 aromatic heterocycles. The Morgan fingerprint density at radius 3 is 2.69 bits per heavy atom. The summed E-state index contributed by atoms with van der Waals surface area (Å²) in [6.45, 7) is -3.75. The minimum Gasteiger partial charge on any atom is -0.480 e. The number of alkyl halides is 2. The number of ether oxygens (including phenoxy) is 1. The van der Waals surface area contributed by atoms with Crippen LogP contribution < -0.4 is 10.4 Å². The van der Waals surface area contributed by atoms with E-state index in [1.54, 1.807) is 0 Å². The maximum atomic E-state index is 13.6. The minimum atomic E-state index is -3.18. The molecule has 3 rings (SSSR count). The first-order chi connectivity index (χ1) is 12.3. The second-order valence-corrected chi connectivity index (χ2v) is 5.41. The van der Waals surface area contributed by atoms with E-state index >= 15 is 0 Å². The number of hydrogen-bond acceptors (Lipinski definition) is 4. The number of imidazole rings is 1. The lowest BCUT2D eigenvalue weighted by Gasteiger charge is -2.08. The molecule has 7 nitrogen and oxygen atoms in total. The Hall–Kier alpha value is -3.30. The molecule has 3 aromatic rings. The van der Waals surface area contributed by atoms with Gasteiger partial charge in [-0.2, -0.15) is 8.78 Å². The maximum absolute atomic E-state index is 13.6. The molecule has 0 fully saturated rings. The molecule has 0 saturated heterocycles. The van der Waals surface area contributed by atoms with Crippen molar-refractivity contribution in [1.82, 2.24) is 14.1 Å². The highest BCUT2D eigenvalue weighted by molar-refractivity contribution is 5.80. The van der Waals surface area contributed by atoms with E-state index < -0.39 is 36.4 Å². The second-order valence-electron chi connectivity index (χ2n) is 5.41. The van der Waals surface area contributed by atoms with Gasteiger partial charge in [-0.15, -0.1) is 0 Å². The number of rotatable bonds is 5. The van der Waals surface area contributed by atoms with Crippen LogP contribution in [0.4, 0.5) is 13.2 Å². The number of hydrogen-bond donors (Lipinski definition) is 1. The molecule has 0 unspecified atom stereocenters. The van der Waals surface area contributed by atoms with Crippen molar-refractivity contribution in [3.8, 4) is 16.9 Å². The predicted molar refractivity (Wildman–Crippen MR) is 84.6 cm³/mol. The highest BCUT2D eigenvalue weighted by atomic mass is 19.3. The summed E-state index contributed by atoms with van der Waals surface area (Å²) in [6, 6.07) is 4.85. The second kappa shape index (κ2) is 6.54. The summed E-state index contributed by atoms with van der Waals surface area (Å²) in [7, 11) is 1.45. The Bertz CT molecular complexity index is 1060. The number of pyridine rings is 1. The molecule has 0 saturated carbocycles. The van der Waals surface area contributed by atoms with Crippen molar-refractivity contribution in [2.24, 2.45) is 7.05 Å². The Morgan fingerprint density at radius 2 is 2.04 bits per heavy atom. The van der Waals surface area contributed by atoms with Gasteiger partial charge in [0.25, 0.3) is 0 Å². The van der Waals surface area contributed by atoms with E-state index in [0.29, 0.717) is 11.1 Å². The summed E-state index contributed by atoms with van der Waals surface area (Å²) >= 11 is 0. The number of carboxylic acids is 1. The van der Waals surface area contributed by atoms with Gasteiger partial charge in [-0.1, -0.05) is 6.07 Å². The number of nitrogens with zero attached hydrogens (tertiary/aromatic N) is 3. The van der Waals surface area contributed by atoms with E-state index in [0.717, 1.165) is 16.7 Å². The van der Waals surface area contributed by atoms with Crippen molar-refractivity contribution in [1.29, 1.82) is 0 Å². The molecule has 0 radical (unpaired) electrons. The molecule has 0 spiro atoms. The molecule has 0 aliphatic heterocycles. The third-order valence-corrected chi connectivity index (χ3v) is 3.75. The number of carbonyl (C=O) groups is 1. The van der Waals surface area contributed by atoms with Gasteiger partial charge in [0.1, 0.15) is 6.54 Å². The Labute approximate surface area is 143 Å². The van der Waals surface area contributed by atoms with E-state index in [1.165, 1.54) is 29.9 Å². The zero-order valence-corrected chi connectivity index (χ0v) is 13.3. The molecule has 26 heavy (non-hydrogen) atoms. The van der Waals surface area contributed by atoms with E-state index in [2.05, 4.69) is 9.72 Å². The molecule has 0 atom stereocenters. The molecular formula is C16H12F3N3O4. The Kier molecular flexibility index (Phi) is 4.41. The molecule has 0 aliphatic carbocycles. The standard InChI is InChI=1S/C16H12F3N3O4/c1-21-14-11(22(16(21)25)7-13(23)24)4-9(6-20-14)8-2-3-10(17)12(5-8)26-15(18)19/h2-6,15H,7H2,1H3,(H,23,24). The molecule has 0 aliphatic rings. The Balaban J connectivity index is 2.15. The van der Waals surface area contributed by atoms with Crippen LogP contribution in [0.15, 0.2) is 35.3 Å². The third kappa shape index (κ3) is 3.13. The van der Waals surface area contributed by atoms with Gasteiger partial charge < -0.3 is 9.84 Å². The number of aromatic nitrogens is 3. The lowest BCUT2D eigenvalue weighted by molar-refractivity contribution is -0.137. The average molecular weight is 367 g/mol. The first-order valence-corrected chi connectivity index (χ1v) is 7.29. The van der Waals surface area contributed by atoms with Gasteiger partial charge in [-0.05, 0) is 23.8 Å². The van der Waals surface area contributed by atoms with Crippen molar-refractivity contribution in [3.63, 3.8) is 0 Å². The summed E-state index contributed by atoms with van der Waals surface area (Å²) in [5.41, 5.74) is 0.632. The van der Waals surface area contributed by atoms with Crippen molar-refractivity contribution < 1.29 is 27.8 Å². The van der Waals surface area contributed by atoms with Crippen LogP contribution in [0, 0.1) is 5.82 Å². The highest BCUT2D eigenvalue weighted by Gasteiger charge is 2.16. The van der Waals surface area contributed by atoms with Crippen LogP contribution in [0.5, 0.6) is 5.75 Å². The fourth-order valence-corrected chi connectivity index (χ4v) is 2.59. The summed E-state index contributed by atoms with van der Waals surface area (Å²) in [5.74, 6) is -2.79. The lowest BCUT2D eigenvalue weighted by atomic mass is 10.1. The molecule has 2 heterocycles. The number of aliphatic carboxylic acids is 1. The van der Waals surface area contributed by atoms with Crippen molar-refractivity contribution in [3.05, 3.63) is 46.8 Å². The molecule has 10 heteroatoms. The monoisotopic (exact) mass is 367 g/mol. The van der Waals surface area contributed by atoms with Gasteiger partial charge in [0, 0.05) is 18.8 Å². The molecule has 0 amide bonds. The first kappa shape index (κ1) is 17.5. The van der Waals surface area contributed by atoms with Gasteiger partial charge >= 0.3 is 18.3 Å². The van der Waals surface area contributed by atoms with E-state index in [-0.39, 0.29) is 11.2 Å². The molecule has 0 bridgehead atoms. The molecule has 1 aromatic carbocycles. The Morgan fingerprint density at radius 1 is 1.31 bits per heavy atom. The quantitative estimate of drug-likeness (QED) is 0.747. The van der Waals surface area contributed by atoms with Gasteiger partial charge in [-0.25, -0.2) is 14.2 Å². The average Bonchev–Trinajstić information content (AvgIpc) is 2.80. The lowest BCUT2D eigenvalue weighted by Crippen LogP contribution is -2.25. The molecule has 136 valence electrons. The predicted octanol–water partition coefficient (Wildman–Crippen LogP) is 2.23. The number of carboxylic acid groups (broad SMARTS) is 1. The van der Waals surface area contributed by atoms with Crippen molar-refractivity contribution in [2.45, 2.75) is 13.2 Å². The normalized spacial score (nSPS) is 11.3. The maximum Gasteiger partial charge on any atom is 0.387 e. The van der Waals surface area contributed by atoms with Crippen LogP contribution in [0.3, 0.4) is 0 Å². The fraction of sp³-hybridized carbons (Fsp3) is 0.188. The van der Waals surface area contributed by atoms with Gasteiger partial charge in [0.15, 0.2) is 17.2 Å². The summed E-state index contributed by atoms with van der Waals surface area (Å²) < 4.78 is 44.7. The first-order valence-electron chi connectivity index (χ1n) is 7.29. The zero-order valence-electron chi connectivity index (χ0n) is 13.3. The summed E-state index contributed by atoms with van der Waals surface area (Å²) in [5, 5.41) is 8.98. The van der Waals surface area contributed by atoms with Gasteiger partial charge in [0.05, 0.1) is 5.52 Å². The largest absolute Gasteiger partial charge is 0.480 e. The van der Waals surface area contributed by atoms with Crippen LogP contribution >= 0.6 is 0 Å². The van der Waals surface area contributed by atoms with E-state index in [1.807, 2.05) is 0 Å². The fourth-order valence-electron chi connectivity index (χ4n) is 2.59. The van der Waals surface area contributed by atoms with Crippen LogP contribution in [-0.4, -0.2) is 31.8 Å². The summed E-state index contributed by atoms with van der Waals surface area (Å²) in [6.07, 6.45) is 1.37. The zero-order chi connectivity index (χ0) is 19.0.